The van der Waals surface area contributed by atoms with Gasteiger partial charge < -0.3 is 5.32 Å². The van der Waals surface area contributed by atoms with Gasteiger partial charge in [0.1, 0.15) is 0 Å². The minimum Gasteiger partial charge on any atom is -0.322 e. The molecule has 150 valence electrons. The summed E-state index contributed by atoms with van der Waals surface area (Å²) in [5, 5.41) is 2.69. The molecule has 0 unspecified atom stereocenters. The van der Waals surface area contributed by atoms with Gasteiger partial charge in [0.05, 0.1) is 21.7 Å². The molecule has 0 spiro atoms. The van der Waals surface area contributed by atoms with E-state index in [1.54, 1.807) is 42.5 Å². The third-order valence-corrected chi connectivity index (χ3v) is 5.83. The molecular weight excluding hydrogens is 404 g/mol. The Kier molecular flexibility index (Phi) is 4.71. The summed E-state index contributed by atoms with van der Waals surface area (Å²) in [5.74, 6) is -1.29. The number of nitrogens with zero attached hydrogens (tertiary/aromatic N) is 1. The summed E-state index contributed by atoms with van der Waals surface area (Å²) in [6.07, 6.45) is 1.09. The predicted octanol–water partition coefficient (Wildman–Crippen LogP) is 3.14. The molecule has 0 radical (unpaired) electrons. The van der Waals surface area contributed by atoms with E-state index in [9.17, 15) is 22.8 Å². The van der Waals surface area contributed by atoms with Gasteiger partial charge in [-0.1, -0.05) is 18.2 Å². The molecule has 1 heterocycles. The van der Waals surface area contributed by atoms with Gasteiger partial charge in [-0.15, -0.1) is 0 Å². The van der Waals surface area contributed by atoms with Crippen LogP contribution < -0.4 is 10.2 Å². The van der Waals surface area contributed by atoms with Crippen LogP contribution in [-0.2, 0) is 9.84 Å². The number of hydrogen-bond donors (Lipinski definition) is 1. The molecule has 3 amide bonds. The van der Waals surface area contributed by atoms with Crippen molar-refractivity contribution in [3.05, 3.63) is 89.5 Å². The highest BCUT2D eigenvalue weighted by Gasteiger charge is 2.36. The number of rotatable bonds is 4. The van der Waals surface area contributed by atoms with Crippen LogP contribution in [0.5, 0.6) is 0 Å². The number of imide groups is 1. The van der Waals surface area contributed by atoms with Crippen molar-refractivity contribution in [2.45, 2.75) is 4.90 Å². The Labute approximate surface area is 172 Å². The van der Waals surface area contributed by atoms with E-state index >= 15 is 0 Å². The van der Waals surface area contributed by atoms with Crippen molar-refractivity contribution in [1.29, 1.82) is 0 Å². The lowest BCUT2D eigenvalue weighted by atomic mass is 10.1. The molecule has 7 nitrogen and oxygen atoms in total. The Hall–Kier alpha value is -3.78. The number of sulfone groups is 1. The Morgan fingerprint density at radius 1 is 0.833 bits per heavy atom. The summed E-state index contributed by atoms with van der Waals surface area (Å²) in [5.41, 5.74) is 1.67. The lowest BCUT2D eigenvalue weighted by molar-refractivity contribution is 0.0925. The van der Waals surface area contributed by atoms with Crippen molar-refractivity contribution >= 4 is 38.9 Å². The van der Waals surface area contributed by atoms with Gasteiger partial charge in [-0.2, -0.15) is 0 Å². The summed E-state index contributed by atoms with van der Waals surface area (Å²) in [6, 6.07) is 18.5. The summed E-state index contributed by atoms with van der Waals surface area (Å²) >= 11 is 0. The van der Waals surface area contributed by atoms with E-state index < -0.39 is 27.6 Å². The van der Waals surface area contributed by atoms with Gasteiger partial charge in [0.2, 0.25) is 0 Å². The lowest BCUT2D eigenvalue weighted by Gasteiger charge is -2.15. The molecule has 8 heteroatoms. The van der Waals surface area contributed by atoms with Gasteiger partial charge in [0, 0.05) is 17.5 Å². The van der Waals surface area contributed by atoms with Crippen LogP contribution in [0.15, 0.2) is 77.7 Å². The first-order valence-electron chi connectivity index (χ1n) is 8.95. The summed E-state index contributed by atoms with van der Waals surface area (Å²) < 4.78 is 23.1. The molecule has 30 heavy (non-hydrogen) atoms. The van der Waals surface area contributed by atoms with Crippen molar-refractivity contribution in [2.24, 2.45) is 0 Å². The molecule has 1 N–H and O–H groups in total. The summed E-state index contributed by atoms with van der Waals surface area (Å²) in [4.78, 5) is 39.0. The molecule has 4 rings (SSSR count). The Balaban J connectivity index is 1.57. The smallest absolute Gasteiger partial charge is 0.266 e. The van der Waals surface area contributed by atoms with Crippen LogP contribution in [0.2, 0.25) is 0 Å². The molecule has 0 aliphatic carbocycles. The number of hydrogen-bond acceptors (Lipinski definition) is 5. The van der Waals surface area contributed by atoms with Crippen molar-refractivity contribution in [3.63, 3.8) is 0 Å². The second-order valence-electron chi connectivity index (χ2n) is 6.79. The van der Waals surface area contributed by atoms with E-state index in [-0.39, 0.29) is 10.5 Å². The zero-order valence-electron chi connectivity index (χ0n) is 15.8. The molecule has 1 aliphatic rings. The normalized spacial score (nSPS) is 13.3. The van der Waals surface area contributed by atoms with Crippen molar-refractivity contribution in [2.75, 3.05) is 16.5 Å². The highest BCUT2D eigenvalue weighted by Crippen LogP contribution is 2.29. The van der Waals surface area contributed by atoms with Crippen LogP contribution in [0.25, 0.3) is 0 Å². The van der Waals surface area contributed by atoms with Crippen LogP contribution in [0.4, 0.5) is 11.4 Å². The maximum Gasteiger partial charge on any atom is 0.266 e. The largest absolute Gasteiger partial charge is 0.322 e. The highest BCUT2D eigenvalue weighted by molar-refractivity contribution is 7.90. The highest BCUT2D eigenvalue weighted by atomic mass is 32.2. The predicted molar refractivity (Wildman–Crippen MR) is 112 cm³/mol. The second-order valence-corrected chi connectivity index (χ2v) is 8.81. The number of anilines is 2. The molecule has 3 aromatic carbocycles. The maximum atomic E-state index is 12.6. The number of fused-ring (bicyclic) bond motifs is 1. The third kappa shape index (κ3) is 3.48. The second kappa shape index (κ2) is 7.23. The van der Waals surface area contributed by atoms with Gasteiger partial charge in [0.15, 0.2) is 9.84 Å². The van der Waals surface area contributed by atoms with Gasteiger partial charge in [-0.3, -0.25) is 14.4 Å². The van der Waals surface area contributed by atoms with Crippen molar-refractivity contribution in [3.8, 4) is 0 Å². The third-order valence-electron chi connectivity index (χ3n) is 4.70. The number of amides is 3. The first kappa shape index (κ1) is 19.5. The van der Waals surface area contributed by atoms with Gasteiger partial charge in [0.25, 0.3) is 17.7 Å². The zero-order chi connectivity index (χ0) is 21.5. The van der Waals surface area contributed by atoms with Crippen molar-refractivity contribution in [1.82, 2.24) is 0 Å². The van der Waals surface area contributed by atoms with Crippen molar-refractivity contribution < 1.29 is 22.8 Å². The molecule has 0 saturated heterocycles. The topological polar surface area (TPSA) is 101 Å². The van der Waals surface area contributed by atoms with Crippen LogP contribution in [0.3, 0.4) is 0 Å². The molecule has 0 aromatic heterocycles. The lowest BCUT2D eigenvalue weighted by Crippen LogP contribution is -2.29. The molecule has 3 aromatic rings. The fraction of sp³-hybridized carbons (Fsp3) is 0.0455. The molecule has 0 atom stereocenters. The molecule has 0 fully saturated rings. The Morgan fingerprint density at radius 2 is 1.43 bits per heavy atom. The number of carbonyl (C=O) groups is 3. The fourth-order valence-electron chi connectivity index (χ4n) is 3.20. The first-order chi connectivity index (χ1) is 14.3. The van der Waals surface area contributed by atoms with Crippen LogP contribution >= 0.6 is 0 Å². The SMILES string of the molecule is CS(=O)(=O)c1ccc(C(=O)Nc2cccc(N3C(=O)c4ccccc4C3=O)c2)cc1. The summed E-state index contributed by atoms with van der Waals surface area (Å²) in [6.45, 7) is 0. The van der Waals surface area contributed by atoms with Crippen LogP contribution in [-0.4, -0.2) is 32.4 Å². The van der Waals surface area contributed by atoms with E-state index in [4.69, 9.17) is 0 Å². The number of carbonyl (C=O) groups excluding carboxylic acids is 3. The average molecular weight is 420 g/mol. The van der Waals surface area contributed by atoms with Gasteiger partial charge in [-0.25, -0.2) is 13.3 Å². The fourth-order valence-corrected chi connectivity index (χ4v) is 3.83. The number of nitrogens with one attached hydrogen (secondary N) is 1. The molecular formula is C22H16N2O5S. The monoisotopic (exact) mass is 420 g/mol. The van der Waals surface area contributed by atoms with E-state index in [2.05, 4.69) is 5.32 Å². The minimum absolute atomic E-state index is 0.117. The standard InChI is InChI=1S/C22H16N2O5S/c1-30(28,29)17-11-9-14(10-12-17)20(25)23-15-5-4-6-16(13-15)24-21(26)18-7-2-3-8-19(18)22(24)27/h2-13H,1H3,(H,23,25). The van der Waals surface area contributed by atoms with Gasteiger partial charge in [-0.05, 0) is 54.6 Å². The van der Waals surface area contributed by atoms with Crippen LogP contribution in [0.1, 0.15) is 31.1 Å². The minimum atomic E-state index is -3.35. The Bertz CT molecular complexity index is 1260. The molecule has 1 aliphatic heterocycles. The maximum absolute atomic E-state index is 12.6. The average Bonchev–Trinajstić information content (AvgIpc) is 2.98. The molecule has 0 bridgehead atoms. The van der Waals surface area contributed by atoms with Crippen LogP contribution in [0, 0.1) is 0 Å². The van der Waals surface area contributed by atoms with E-state index in [1.165, 1.54) is 30.3 Å². The van der Waals surface area contributed by atoms with E-state index in [0.717, 1.165) is 11.2 Å². The quantitative estimate of drug-likeness (QED) is 0.654. The summed E-state index contributed by atoms with van der Waals surface area (Å²) in [7, 11) is -3.35. The van der Waals surface area contributed by atoms with Gasteiger partial charge >= 0.3 is 0 Å². The van der Waals surface area contributed by atoms with E-state index in [0.29, 0.717) is 22.5 Å². The zero-order valence-corrected chi connectivity index (χ0v) is 16.6. The van der Waals surface area contributed by atoms with E-state index in [1.807, 2.05) is 0 Å². The molecule has 0 saturated carbocycles. The number of benzene rings is 3. The Morgan fingerprint density at radius 3 is 2.00 bits per heavy atom. The first-order valence-corrected chi connectivity index (χ1v) is 10.8.